The Morgan fingerprint density at radius 2 is 1.97 bits per heavy atom. The molecule has 2 heterocycles. The van der Waals surface area contributed by atoms with Crippen molar-refractivity contribution in [3.63, 3.8) is 0 Å². The highest BCUT2D eigenvalue weighted by Crippen LogP contribution is 2.33. The van der Waals surface area contributed by atoms with Gasteiger partial charge in [-0.05, 0) is 55.5 Å². The maximum absolute atomic E-state index is 12.9. The number of hydrogen-bond donors (Lipinski definition) is 2. The smallest absolute Gasteiger partial charge is 0.339 e. The van der Waals surface area contributed by atoms with Crippen molar-refractivity contribution in [1.29, 1.82) is 0 Å². The molecule has 0 saturated carbocycles. The van der Waals surface area contributed by atoms with Crippen LogP contribution in [0.1, 0.15) is 23.0 Å². The second-order valence-corrected chi connectivity index (χ2v) is 7.40. The number of benzene rings is 2. The van der Waals surface area contributed by atoms with Gasteiger partial charge in [-0.2, -0.15) is 10.1 Å². The molecule has 3 aromatic rings. The molecule has 0 spiro atoms. The highest BCUT2D eigenvalue weighted by Gasteiger charge is 2.30. The lowest BCUT2D eigenvalue weighted by Crippen LogP contribution is -2.21. The van der Waals surface area contributed by atoms with Gasteiger partial charge >= 0.3 is 5.97 Å². The number of hydrazone groups is 1. The summed E-state index contributed by atoms with van der Waals surface area (Å²) in [5.74, 6) is -1.65. The maximum Gasteiger partial charge on any atom is 0.339 e. The van der Waals surface area contributed by atoms with Crippen molar-refractivity contribution in [3.05, 3.63) is 80.6 Å². The van der Waals surface area contributed by atoms with Crippen LogP contribution in [0.3, 0.4) is 0 Å². The molecule has 0 unspecified atom stereocenters. The Morgan fingerprint density at radius 1 is 1.21 bits per heavy atom. The van der Waals surface area contributed by atoms with Crippen LogP contribution in [0.25, 0.3) is 17.4 Å². The highest BCUT2D eigenvalue weighted by atomic mass is 35.5. The molecule has 33 heavy (non-hydrogen) atoms. The number of carbonyl (C=O) groups excluding carboxylic acids is 1. The van der Waals surface area contributed by atoms with E-state index >= 15 is 0 Å². The molecule has 4 rings (SSSR count). The number of aromatic carboxylic acids is 1. The molecular weight excluding hydrogens is 454 g/mol. The number of aromatic hydroxyl groups is 1. The Balaban J connectivity index is 1.64. The Morgan fingerprint density at radius 3 is 2.67 bits per heavy atom. The van der Waals surface area contributed by atoms with Gasteiger partial charge < -0.3 is 14.6 Å². The van der Waals surface area contributed by atoms with E-state index in [0.717, 1.165) is 11.1 Å². The summed E-state index contributed by atoms with van der Waals surface area (Å²) in [7, 11) is 0. The molecule has 0 radical (unpaired) electrons. The number of nitro groups is 1. The van der Waals surface area contributed by atoms with Crippen molar-refractivity contribution in [2.45, 2.75) is 6.92 Å². The van der Waals surface area contributed by atoms with Gasteiger partial charge in [0.05, 0.1) is 21.9 Å². The average molecular weight is 468 g/mol. The first-order valence-corrected chi connectivity index (χ1v) is 9.75. The third kappa shape index (κ3) is 4.06. The number of amides is 1. The second kappa shape index (κ2) is 8.24. The molecule has 1 aromatic heterocycles. The summed E-state index contributed by atoms with van der Waals surface area (Å²) in [6.45, 7) is 1.61. The molecule has 2 N–H and O–H groups in total. The van der Waals surface area contributed by atoms with Crippen LogP contribution in [0.5, 0.6) is 5.75 Å². The monoisotopic (exact) mass is 467 g/mol. The van der Waals surface area contributed by atoms with E-state index in [1.165, 1.54) is 30.3 Å². The molecule has 1 aliphatic rings. The van der Waals surface area contributed by atoms with Gasteiger partial charge in [-0.1, -0.05) is 11.6 Å². The quantitative estimate of drug-likeness (QED) is 0.313. The van der Waals surface area contributed by atoms with Crippen LogP contribution < -0.4 is 5.01 Å². The summed E-state index contributed by atoms with van der Waals surface area (Å²) in [4.78, 5) is 34.7. The number of halogens is 1. The molecule has 0 saturated heterocycles. The van der Waals surface area contributed by atoms with Gasteiger partial charge in [0.25, 0.3) is 11.6 Å². The second-order valence-electron chi connectivity index (χ2n) is 6.99. The van der Waals surface area contributed by atoms with E-state index in [4.69, 9.17) is 16.0 Å². The molecular formula is C22H14ClN3O7. The molecule has 0 bridgehead atoms. The first kappa shape index (κ1) is 21.8. The topological polar surface area (TPSA) is 146 Å². The van der Waals surface area contributed by atoms with Crippen LogP contribution in [-0.4, -0.2) is 32.7 Å². The van der Waals surface area contributed by atoms with Gasteiger partial charge in [0.1, 0.15) is 27.9 Å². The first-order valence-electron chi connectivity index (χ1n) is 9.38. The zero-order valence-electron chi connectivity index (χ0n) is 16.9. The minimum absolute atomic E-state index is 0.00131. The van der Waals surface area contributed by atoms with Crippen molar-refractivity contribution in [2.75, 3.05) is 5.01 Å². The summed E-state index contributed by atoms with van der Waals surface area (Å²) in [6, 6.07) is 11.1. The number of rotatable bonds is 5. The normalized spacial score (nSPS) is 14.6. The van der Waals surface area contributed by atoms with Gasteiger partial charge in [-0.3, -0.25) is 14.9 Å². The van der Waals surface area contributed by atoms with Crippen molar-refractivity contribution in [3.8, 4) is 17.1 Å². The van der Waals surface area contributed by atoms with E-state index in [9.17, 15) is 29.9 Å². The molecule has 166 valence electrons. The van der Waals surface area contributed by atoms with Crippen LogP contribution in [0.15, 0.2) is 63.6 Å². The summed E-state index contributed by atoms with van der Waals surface area (Å²) < 4.78 is 5.73. The molecule has 0 fully saturated rings. The summed E-state index contributed by atoms with van der Waals surface area (Å²) in [5, 5.41) is 35.2. The fraction of sp³-hybridized carbons (Fsp3) is 0.0455. The zero-order chi connectivity index (χ0) is 23.9. The number of nitrogens with zero attached hydrogens (tertiary/aromatic N) is 3. The lowest BCUT2D eigenvalue weighted by Gasteiger charge is -2.12. The Kier molecular flexibility index (Phi) is 5.44. The lowest BCUT2D eigenvalue weighted by atomic mass is 10.1. The van der Waals surface area contributed by atoms with Gasteiger partial charge in [0, 0.05) is 11.6 Å². The molecule has 11 heteroatoms. The highest BCUT2D eigenvalue weighted by molar-refractivity contribution is 6.33. The van der Waals surface area contributed by atoms with Crippen LogP contribution in [0.4, 0.5) is 11.4 Å². The standard InChI is InChI=1S/C22H14ClN3O7/c1-11-15(21(28)25(24-11)13-3-6-19(27)16(9-13)22(29)30)10-14-4-7-20(33-14)12-2-5-17(23)18(8-12)26(31)32/h2-10,27H,1H3,(H,29,30)/b15-10-. The van der Waals surface area contributed by atoms with Gasteiger partial charge in [0.2, 0.25) is 0 Å². The van der Waals surface area contributed by atoms with Crippen molar-refractivity contribution >= 4 is 46.6 Å². The summed E-state index contributed by atoms with van der Waals surface area (Å²) >= 11 is 5.85. The Hall–Kier alpha value is -4.44. The predicted molar refractivity (Wildman–Crippen MR) is 119 cm³/mol. The minimum atomic E-state index is -1.34. The largest absolute Gasteiger partial charge is 0.507 e. The van der Waals surface area contributed by atoms with Crippen LogP contribution in [0, 0.1) is 10.1 Å². The average Bonchev–Trinajstić information content (AvgIpc) is 3.34. The van der Waals surface area contributed by atoms with E-state index in [1.807, 2.05) is 0 Å². The van der Waals surface area contributed by atoms with E-state index in [2.05, 4.69) is 5.10 Å². The first-order chi connectivity index (χ1) is 15.7. The number of anilines is 1. The van der Waals surface area contributed by atoms with E-state index < -0.39 is 22.5 Å². The van der Waals surface area contributed by atoms with Crippen LogP contribution >= 0.6 is 11.6 Å². The van der Waals surface area contributed by atoms with Crippen molar-refractivity contribution in [2.24, 2.45) is 5.10 Å². The van der Waals surface area contributed by atoms with Crippen molar-refractivity contribution < 1.29 is 29.1 Å². The van der Waals surface area contributed by atoms with Crippen LogP contribution in [0.2, 0.25) is 5.02 Å². The predicted octanol–water partition coefficient (Wildman–Crippen LogP) is 4.72. The minimum Gasteiger partial charge on any atom is -0.507 e. The number of furan rings is 1. The number of carboxylic acid groups (broad SMARTS) is 1. The summed E-state index contributed by atoms with van der Waals surface area (Å²) in [5.41, 5.74) is 0.563. The van der Waals surface area contributed by atoms with Crippen molar-refractivity contribution in [1.82, 2.24) is 0 Å². The number of carbonyl (C=O) groups is 2. The third-order valence-electron chi connectivity index (χ3n) is 4.86. The summed E-state index contributed by atoms with van der Waals surface area (Å²) in [6.07, 6.45) is 1.47. The molecule has 2 aromatic carbocycles. The Bertz CT molecular complexity index is 1390. The zero-order valence-corrected chi connectivity index (χ0v) is 17.6. The fourth-order valence-corrected chi connectivity index (χ4v) is 3.41. The lowest BCUT2D eigenvalue weighted by molar-refractivity contribution is -0.384. The molecule has 0 atom stereocenters. The van der Waals surface area contributed by atoms with E-state index in [1.54, 1.807) is 25.1 Å². The SMILES string of the molecule is CC1=NN(c2ccc(O)c(C(=O)O)c2)C(=O)/C1=C\c1ccc(-c2ccc(Cl)c([N+](=O)[O-])c2)o1. The third-order valence-corrected chi connectivity index (χ3v) is 5.18. The molecule has 1 aliphatic heterocycles. The molecule has 0 aliphatic carbocycles. The number of nitro benzene ring substituents is 1. The van der Waals surface area contributed by atoms with Gasteiger partial charge in [-0.25, -0.2) is 4.79 Å². The van der Waals surface area contributed by atoms with E-state index in [0.29, 0.717) is 22.8 Å². The Labute approximate surface area is 190 Å². The fourth-order valence-electron chi connectivity index (χ4n) is 3.22. The number of carboxylic acids is 1. The number of phenols is 1. The van der Waals surface area contributed by atoms with E-state index in [-0.39, 0.29) is 27.5 Å². The van der Waals surface area contributed by atoms with Gasteiger partial charge in [-0.15, -0.1) is 0 Å². The number of hydrogen-bond acceptors (Lipinski definition) is 7. The maximum atomic E-state index is 12.9. The van der Waals surface area contributed by atoms with Gasteiger partial charge in [0.15, 0.2) is 0 Å². The molecule has 10 nitrogen and oxygen atoms in total. The molecule has 1 amide bonds. The van der Waals surface area contributed by atoms with Crippen LogP contribution in [-0.2, 0) is 4.79 Å².